The van der Waals surface area contributed by atoms with E-state index in [1.54, 1.807) is 0 Å². The van der Waals surface area contributed by atoms with Crippen molar-refractivity contribution in [2.45, 2.75) is 27.2 Å². The lowest BCUT2D eigenvalue weighted by molar-refractivity contribution is -0.127. The summed E-state index contributed by atoms with van der Waals surface area (Å²) in [5.41, 5.74) is 2.09. The molecule has 0 spiro atoms. The molecule has 2 heteroatoms. The summed E-state index contributed by atoms with van der Waals surface area (Å²) < 4.78 is 0. The first kappa shape index (κ1) is 13.5. The number of carbonyl (C=O) groups is 2. The van der Waals surface area contributed by atoms with Crippen molar-refractivity contribution in [2.75, 3.05) is 0 Å². The second kappa shape index (κ2) is 4.96. The molecule has 1 aromatic carbocycles. The van der Waals surface area contributed by atoms with Gasteiger partial charge >= 0.3 is 0 Å². The van der Waals surface area contributed by atoms with Crippen LogP contribution in [0.2, 0.25) is 0 Å². The van der Waals surface area contributed by atoms with Gasteiger partial charge in [0.15, 0.2) is 5.78 Å². The van der Waals surface area contributed by atoms with Gasteiger partial charge in [-0.25, -0.2) is 0 Å². The monoisotopic (exact) mass is 254 g/mol. The molecule has 0 bridgehead atoms. The predicted molar refractivity (Wildman–Crippen MR) is 76.6 cm³/mol. The maximum atomic E-state index is 12.3. The fourth-order valence-electron chi connectivity index (χ4n) is 2.65. The number of rotatable bonds is 3. The van der Waals surface area contributed by atoms with E-state index in [4.69, 9.17) is 0 Å². The Hall–Kier alpha value is -1.96. The first-order valence-electron chi connectivity index (χ1n) is 6.43. The Bertz CT molecular complexity index is 579. The summed E-state index contributed by atoms with van der Waals surface area (Å²) in [7, 11) is 0. The van der Waals surface area contributed by atoms with E-state index >= 15 is 0 Å². The largest absolute Gasteiger partial charge is 0.300 e. The van der Waals surface area contributed by atoms with Gasteiger partial charge in [0.25, 0.3) is 0 Å². The molecule has 0 fully saturated rings. The van der Waals surface area contributed by atoms with Crippen molar-refractivity contribution >= 4 is 17.1 Å². The second-order valence-corrected chi connectivity index (χ2v) is 5.42. The lowest BCUT2D eigenvalue weighted by atomic mass is 9.73. The van der Waals surface area contributed by atoms with Crippen LogP contribution < -0.4 is 0 Å². The number of benzene rings is 1. The van der Waals surface area contributed by atoms with Gasteiger partial charge in [0, 0.05) is 6.42 Å². The molecule has 1 unspecified atom stereocenters. The van der Waals surface area contributed by atoms with Gasteiger partial charge in [-0.05, 0) is 43.6 Å². The van der Waals surface area contributed by atoms with E-state index in [9.17, 15) is 9.59 Å². The molecule has 0 saturated heterocycles. The Morgan fingerprint density at radius 3 is 2.42 bits per heavy atom. The number of ketones is 2. The number of carbonyl (C=O) groups excluding carboxylic acids is 2. The molecule has 2 rings (SSSR count). The van der Waals surface area contributed by atoms with Crippen molar-refractivity contribution in [3.05, 3.63) is 53.6 Å². The van der Waals surface area contributed by atoms with Crippen LogP contribution in [0.3, 0.4) is 0 Å². The number of Topliss-reactive ketones (excluding diaryl/α,β-unsaturated/α-hetero) is 2. The van der Waals surface area contributed by atoms with E-state index in [-0.39, 0.29) is 18.0 Å². The molecule has 0 radical (unpaired) electrons. The third-order valence-corrected chi connectivity index (χ3v) is 3.45. The van der Waals surface area contributed by atoms with Crippen molar-refractivity contribution in [3.8, 4) is 0 Å². The molecule has 1 aliphatic rings. The van der Waals surface area contributed by atoms with E-state index in [2.05, 4.69) is 0 Å². The highest BCUT2D eigenvalue weighted by Gasteiger charge is 2.35. The molecule has 0 aromatic heterocycles. The molecular formula is C17H18O2. The average molecular weight is 254 g/mol. The van der Waals surface area contributed by atoms with Crippen molar-refractivity contribution in [1.29, 1.82) is 0 Å². The summed E-state index contributed by atoms with van der Waals surface area (Å²) in [6.07, 6.45) is 4.09. The molecule has 0 N–H and O–H groups in total. The minimum absolute atomic E-state index is 0.0363. The molecule has 0 heterocycles. The summed E-state index contributed by atoms with van der Waals surface area (Å²) in [5, 5.41) is 0. The molecule has 1 atom stereocenters. The molecule has 1 aromatic rings. The van der Waals surface area contributed by atoms with Gasteiger partial charge in [0.05, 0.1) is 5.41 Å². The molecule has 1 aliphatic carbocycles. The third kappa shape index (κ3) is 2.73. The van der Waals surface area contributed by atoms with Gasteiger partial charge in [-0.15, -0.1) is 0 Å². The highest BCUT2D eigenvalue weighted by atomic mass is 16.1. The molecule has 0 saturated carbocycles. The van der Waals surface area contributed by atoms with Crippen LogP contribution in [0.15, 0.2) is 48.1 Å². The zero-order valence-electron chi connectivity index (χ0n) is 11.6. The average Bonchev–Trinajstić information content (AvgIpc) is 2.35. The molecule has 19 heavy (non-hydrogen) atoms. The number of allylic oxidation sites excluding steroid dienone is 4. The van der Waals surface area contributed by atoms with Gasteiger partial charge in [0.1, 0.15) is 5.78 Å². The van der Waals surface area contributed by atoms with Crippen LogP contribution in [0.4, 0.5) is 0 Å². The summed E-state index contributed by atoms with van der Waals surface area (Å²) in [4.78, 5) is 23.7. The summed E-state index contributed by atoms with van der Waals surface area (Å²) in [5.74, 6) is 0.0802. The topological polar surface area (TPSA) is 34.1 Å². The van der Waals surface area contributed by atoms with Crippen molar-refractivity contribution in [3.63, 3.8) is 0 Å². The fourth-order valence-corrected chi connectivity index (χ4v) is 2.65. The highest BCUT2D eigenvalue weighted by Crippen LogP contribution is 2.37. The van der Waals surface area contributed by atoms with Crippen LogP contribution in [-0.2, 0) is 9.59 Å². The van der Waals surface area contributed by atoms with Crippen LogP contribution in [0.1, 0.15) is 32.8 Å². The highest BCUT2D eigenvalue weighted by molar-refractivity contribution is 6.07. The first-order valence-corrected chi connectivity index (χ1v) is 6.43. The second-order valence-electron chi connectivity index (χ2n) is 5.42. The Labute approximate surface area is 113 Å². The number of hydrogen-bond acceptors (Lipinski definition) is 2. The molecule has 0 aliphatic heterocycles. The number of hydrogen-bond donors (Lipinski definition) is 0. The van der Waals surface area contributed by atoms with Crippen LogP contribution in [0, 0.1) is 5.41 Å². The van der Waals surface area contributed by atoms with E-state index in [0.29, 0.717) is 5.57 Å². The zero-order valence-corrected chi connectivity index (χ0v) is 11.6. The quantitative estimate of drug-likeness (QED) is 0.826. The summed E-state index contributed by atoms with van der Waals surface area (Å²) >= 11 is 0. The van der Waals surface area contributed by atoms with Crippen LogP contribution in [0.5, 0.6) is 0 Å². The fraction of sp³-hybridized carbons (Fsp3) is 0.294. The van der Waals surface area contributed by atoms with Crippen molar-refractivity contribution in [2.24, 2.45) is 5.41 Å². The van der Waals surface area contributed by atoms with Gasteiger partial charge in [0.2, 0.25) is 0 Å². The van der Waals surface area contributed by atoms with Gasteiger partial charge < -0.3 is 0 Å². The smallest absolute Gasteiger partial charge is 0.168 e. The maximum Gasteiger partial charge on any atom is 0.168 e. The zero-order chi connectivity index (χ0) is 14.0. The minimum Gasteiger partial charge on any atom is -0.300 e. The molecule has 2 nitrogen and oxygen atoms in total. The van der Waals surface area contributed by atoms with Crippen LogP contribution in [-0.4, -0.2) is 11.6 Å². The lowest BCUT2D eigenvalue weighted by Crippen LogP contribution is -2.31. The van der Waals surface area contributed by atoms with E-state index in [1.807, 2.05) is 56.3 Å². The van der Waals surface area contributed by atoms with Gasteiger partial charge in [-0.1, -0.05) is 36.4 Å². The Morgan fingerprint density at radius 2 is 1.84 bits per heavy atom. The van der Waals surface area contributed by atoms with Crippen molar-refractivity contribution in [1.82, 2.24) is 0 Å². The minimum atomic E-state index is -0.712. The van der Waals surface area contributed by atoms with E-state index in [0.717, 1.165) is 11.1 Å². The summed E-state index contributed by atoms with van der Waals surface area (Å²) in [6, 6.07) is 9.93. The first-order chi connectivity index (χ1) is 8.92. The SMILES string of the molecule is CC(=O)CC1(C)C=C(c2ccccc2)C=C(C)C1=O. The third-order valence-electron chi connectivity index (χ3n) is 3.45. The Kier molecular flexibility index (Phi) is 3.52. The van der Waals surface area contributed by atoms with Crippen molar-refractivity contribution < 1.29 is 9.59 Å². The van der Waals surface area contributed by atoms with Crippen LogP contribution >= 0.6 is 0 Å². The van der Waals surface area contributed by atoms with Gasteiger partial charge in [-0.3, -0.25) is 9.59 Å². The predicted octanol–water partition coefficient (Wildman–Crippen LogP) is 3.58. The normalized spacial score (nSPS) is 22.8. The van der Waals surface area contributed by atoms with E-state index in [1.165, 1.54) is 6.92 Å². The standard InChI is InChI=1S/C17H18O2/c1-12-9-15(14-7-5-4-6-8-14)11-17(3,16(12)19)10-13(2)18/h4-9,11H,10H2,1-3H3. The van der Waals surface area contributed by atoms with Crippen LogP contribution in [0.25, 0.3) is 5.57 Å². The summed E-state index contributed by atoms with van der Waals surface area (Å²) in [6.45, 7) is 5.19. The maximum absolute atomic E-state index is 12.3. The van der Waals surface area contributed by atoms with Gasteiger partial charge in [-0.2, -0.15) is 0 Å². The molecule has 98 valence electrons. The molecule has 0 amide bonds. The Morgan fingerprint density at radius 1 is 1.21 bits per heavy atom. The lowest BCUT2D eigenvalue weighted by Gasteiger charge is -2.28. The Balaban J connectivity index is 2.47. The van der Waals surface area contributed by atoms with E-state index < -0.39 is 5.41 Å². The molecular weight excluding hydrogens is 236 g/mol.